The zero-order chi connectivity index (χ0) is 15.0. The molecule has 0 saturated heterocycles. The van der Waals surface area contributed by atoms with Gasteiger partial charge in [-0.05, 0) is 48.0 Å². The van der Waals surface area contributed by atoms with Gasteiger partial charge in [0, 0.05) is 6.54 Å². The molecule has 0 bridgehead atoms. The minimum atomic E-state index is -4.25. The Bertz CT molecular complexity index is 475. The molecule has 7 heteroatoms. The van der Waals surface area contributed by atoms with Crippen molar-refractivity contribution in [2.24, 2.45) is 5.92 Å². The Morgan fingerprint density at radius 2 is 2.25 bits per heavy atom. The fraction of sp³-hybridized carbons (Fsp3) is 0.769. The van der Waals surface area contributed by atoms with Crippen molar-refractivity contribution in [3.8, 4) is 0 Å². The van der Waals surface area contributed by atoms with Crippen molar-refractivity contribution >= 4 is 15.9 Å². The summed E-state index contributed by atoms with van der Waals surface area (Å²) >= 11 is 3.30. The number of aliphatic hydroxyl groups is 1. The standard InChI is InChI=1S/C13H18BrF3N2O/c1-2-6-19-11(10(14)8-18-19)12(20)5-3-4-9(7-12)13(15,16)17/h8-9,20H,2-7H2,1H3. The highest BCUT2D eigenvalue weighted by Crippen LogP contribution is 2.47. The van der Waals surface area contributed by atoms with Gasteiger partial charge < -0.3 is 5.11 Å². The number of rotatable bonds is 3. The number of alkyl halides is 3. The van der Waals surface area contributed by atoms with Crippen LogP contribution < -0.4 is 0 Å². The Morgan fingerprint density at radius 3 is 2.85 bits per heavy atom. The van der Waals surface area contributed by atoms with E-state index in [4.69, 9.17) is 0 Å². The van der Waals surface area contributed by atoms with Crippen molar-refractivity contribution in [2.45, 2.75) is 57.3 Å². The summed E-state index contributed by atoms with van der Waals surface area (Å²) in [5.41, 5.74) is -0.976. The third-order valence-electron chi connectivity index (χ3n) is 3.86. The largest absolute Gasteiger partial charge is 0.391 e. The average molecular weight is 355 g/mol. The van der Waals surface area contributed by atoms with E-state index in [0.717, 1.165) is 6.42 Å². The van der Waals surface area contributed by atoms with Crippen LogP contribution in [0.5, 0.6) is 0 Å². The number of hydrogen-bond donors (Lipinski definition) is 1. The number of nitrogens with zero attached hydrogens (tertiary/aromatic N) is 2. The predicted octanol–water partition coefficient (Wildman–Crippen LogP) is 4.00. The predicted molar refractivity (Wildman–Crippen MR) is 72.1 cm³/mol. The molecule has 1 aliphatic rings. The van der Waals surface area contributed by atoms with Gasteiger partial charge in [0.2, 0.25) is 0 Å². The van der Waals surface area contributed by atoms with E-state index < -0.39 is 17.7 Å². The number of hydrogen-bond acceptors (Lipinski definition) is 2. The molecule has 0 amide bonds. The van der Waals surface area contributed by atoms with Gasteiger partial charge in [-0.25, -0.2) is 0 Å². The lowest BCUT2D eigenvalue weighted by Crippen LogP contribution is -2.40. The molecule has 20 heavy (non-hydrogen) atoms. The van der Waals surface area contributed by atoms with Gasteiger partial charge in [0.1, 0.15) is 5.60 Å². The fourth-order valence-electron chi connectivity index (χ4n) is 2.95. The first-order valence-corrected chi connectivity index (χ1v) is 7.58. The van der Waals surface area contributed by atoms with Crippen molar-refractivity contribution in [3.05, 3.63) is 16.4 Å². The number of aryl methyl sites for hydroxylation is 1. The highest BCUT2D eigenvalue weighted by molar-refractivity contribution is 9.10. The van der Waals surface area contributed by atoms with Crippen LogP contribution in [0.4, 0.5) is 13.2 Å². The first kappa shape index (κ1) is 15.8. The molecule has 1 N–H and O–H groups in total. The van der Waals surface area contributed by atoms with Crippen molar-refractivity contribution in [3.63, 3.8) is 0 Å². The highest BCUT2D eigenvalue weighted by Gasteiger charge is 2.49. The zero-order valence-electron chi connectivity index (χ0n) is 11.3. The van der Waals surface area contributed by atoms with Gasteiger partial charge in [-0.3, -0.25) is 4.68 Å². The maximum absolute atomic E-state index is 12.9. The molecule has 2 rings (SSSR count). The quantitative estimate of drug-likeness (QED) is 0.890. The summed E-state index contributed by atoms with van der Waals surface area (Å²) in [6.45, 7) is 2.54. The van der Waals surface area contributed by atoms with Crippen LogP contribution in [0.1, 0.15) is 44.7 Å². The van der Waals surface area contributed by atoms with Gasteiger partial charge in [-0.2, -0.15) is 18.3 Å². The third-order valence-corrected chi connectivity index (χ3v) is 4.44. The zero-order valence-corrected chi connectivity index (χ0v) is 12.8. The van der Waals surface area contributed by atoms with Crippen LogP contribution in [0.2, 0.25) is 0 Å². The molecule has 2 atom stereocenters. The van der Waals surface area contributed by atoms with Gasteiger partial charge in [0.05, 0.1) is 22.3 Å². The molecule has 114 valence electrons. The first-order chi connectivity index (χ1) is 9.28. The normalized spacial score (nSPS) is 27.8. The lowest BCUT2D eigenvalue weighted by atomic mass is 9.76. The van der Waals surface area contributed by atoms with E-state index in [1.54, 1.807) is 10.9 Å². The molecule has 0 radical (unpaired) electrons. The summed E-state index contributed by atoms with van der Waals surface area (Å²) in [6, 6.07) is 0. The number of halogens is 4. The summed E-state index contributed by atoms with van der Waals surface area (Å²) < 4.78 is 41.0. The Labute approximate surface area is 124 Å². The van der Waals surface area contributed by atoms with E-state index >= 15 is 0 Å². The lowest BCUT2D eigenvalue weighted by Gasteiger charge is -2.38. The van der Waals surface area contributed by atoms with Crippen LogP contribution >= 0.6 is 15.9 Å². The van der Waals surface area contributed by atoms with Crippen LogP contribution in [0.25, 0.3) is 0 Å². The molecule has 1 fully saturated rings. The van der Waals surface area contributed by atoms with Crippen molar-refractivity contribution in [1.29, 1.82) is 0 Å². The minimum absolute atomic E-state index is 0.0886. The first-order valence-electron chi connectivity index (χ1n) is 6.79. The van der Waals surface area contributed by atoms with E-state index in [2.05, 4.69) is 21.0 Å². The molecule has 1 aromatic heterocycles. The van der Waals surface area contributed by atoms with Gasteiger partial charge >= 0.3 is 6.18 Å². The monoisotopic (exact) mass is 354 g/mol. The van der Waals surface area contributed by atoms with Gasteiger partial charge in [-0.15, -0.1) is 0 Å². The van der Waals surface area contributed by atoms with Crippen molar-refractivity contribution < 1.29 is 18.3 Å². The third kappa shape index (κ3) is 3.03. The molecule has 1 saturated carbocycles. The molecule has 0 aromatic carbocycles. The second kappa shape index (κ2) is 5.67. The van der Waals surface area contributed by atoms with E-state index in [1.807, 2.05) is 6.92 Å². The Morgan fingerprint density at radius 1 is 1.55 bits per heavy atom. The van der Waals surface area contributed by atoms with Crippen LogP contribution in [0, 0.1) is 5.92 Å². The second-order valence-electron chi connectivity index (χ2n) is 5.43. The van der Waals surface area contributed by atoms with Gasteiger partial charge in [-0.1, -0.05) is 6.92 Å². The van der Waals surface area contributed by atoms with Gasteiger partial charge in [0.25, 0.3) is 0 Å². The maximum atomic E-state index is 12.9. The minimum Gasteiger partial charge on any atom is -0.384 e. The second-order valence-corrected chi connectivity index (χ2v) is 6.29. The molecule has 3 nitrogen and oxygen atoms in total. The fourth-order valence-corrected chi connectivity index (χ4v) is 3.62. The average Bonchev–Trinajstić information content (AvgIpc) is 2.71. The maximum Gasteiger partial charge on any atom is 0.391 e. The molecule has 2 unspecified atom stereocenters. The van der Waals surface area contributed by atoms with Gasteiger partial charge in [0.15, 0.2) is 0 Å². The topological polar surface area (TPSA) is 38.0 Å². The van der Waals surface area contributed by atoms with E-state index in [9.17, 15) is 18.3 Å². The van der Waals surface area contributed by atoms with Crippen molar-refractivity contribution in [2.75, 3.05) is 0 Å². The van der Waals surface area contributed by atoms with Crippen LogP contribution in [-0.4, -0.2) is 21.1 Å². The van der Waals surface area contributed by atoms with Crippen LogP contribution in [0.15, 0.2) is 10.7 Å². The molecular formula is C13H18BrF3N2O. The Kier molecular flexibility index (Phi) is 4.49. The Hall–Kier alpha value is -0.560. The molecule has 0 spiro atoms. The number of aromatic nitrogens is 2. The summed E-state index contributed by atoms with van der Waals surface area (Å²) in [5.74, 6) is -1.45. The summed E-state index contributed by atoms with van der Waals surface area (Å²) in [6.07, 6.45) is -1.40. The van der Waals surface area contributed by atoms with E-state index in [0.29, 0.717) is 29.6 Å². The lowest BCUT2D eigenvalue weighted by molar-refractivity contribution is -0.202. The molecule has 1 aromatic rings. The Balaban J connectivity index is 2.32. The van der Waals surface area contributed by atoms with Crippen LogP contribution in [-0.2, 0) is 12.1 Å². The summed E-state index contributed by atoms with van der Waals surface area (Å²) in [5, 5.41) is 14.9. The molecule has 1 aliphatic carbocycles. The summed E-state index contributed by atoms with van der Waals surface area (Å²) in [7, 11) is 0. The molecule has 0 aliphatic heterocycles. The highest BCUT2D eigenvalue weighted by atomic mass is 79.9. The SMILES string of the molecule is CCCn1ncc(Br)c1C1(O)CCCC(C(F)(F)F)C1. The molecular weight excluding hydrogens is 337 g/mol. The van der Waals surface area contributed by atoms with Crippen LogP contribution in [0.3, 0.4) is 0 Å². The van der Waals surface area contributed by atoms with E-state index in [1.165, 1.54) is 0 Å². The van der Waals surface area contributed by atoms with Crippen molar-refractivity contribution in [1.82, 2.24) is 9.78 Å². The molecule has 1 heterocycles. The summed E-state index contributed by atoms with van der Waals surface area (Å²) in [4.78, 5) is 0. The smallest absolute Gasteiger partial charge is 0.384 e. The van der Waals surface area contributed by atoms with E-state index in [-0.39, 0.29) is 12.8 Å².